The molecule has 0 bridgehead atoms. The van der Waals surface area contributed by atoms with Crippen molar-refractivity contribution in [2.45, 2.75) is 31.1 Å². The van der Waals surface area contributed by atoms with E-state index < -0.39 is 9.73 Å². The third kappa shape index (κ3) is 3.63. The van der Waals surface area contributed by atoms with Crippen LogP contribution < -0.4 is 9.64 Å². The number of hydrogen-bond acceptors (Lipinski definition) is 8. The topological polar surface area (TPSA) is 117 Å². The Labute approximate surface area is 181 Å². The third-order valence-corrected chi connectivity index (χ3v) is 8.34. The van der Waals surface area contributed by atoms with Crippen molar-refractivity contribution in [2.75, 3.05) is 37.5 Å². The van der Waals surface area contributed by atoms with Crippen LogP contribution in [0.4, 0.5) is 5.82 Å². The van der Waals surface area contributed by atoms with Gasteiger partial charge in [-0.05, 0) is 25.8 Å². The number of nitrogens with zero attached hydrogens (tertiary/aromatic N) is 4. The summed E-state index contributed by atoms with van der Waals surface area (Å²) in [5.41, 5.74) is 2.16. The molecule has 5 heterocycles. The molecule has 0 radical (unpaired) electrons. The van der Waals surface area contributed by atoms with Crippen LogP contribution in [0.3, 0.4) is 0 Å². The summed E-state index contributed by atoms with van der Waals surface area (Å²) in [6.07, 6.45) is 3.31. The van der Waals surface area contributed by atoms with Gasteiger partial charge >= 0.3 is 0 Å². The van der Waals surface area contributed by atoms with Crippen LogP contribution in [0.25, 0.3) is 22.4 Å². The first kappa shape index (κ1) is 20.2. The smallest absolute Gasteiger partial charge is 0.215 e. The molecule has 2 N–H and O–H groups in total. The van der Waals surface area contributed by atoms with Crippen molar-refractivity contribution >= 4 is 26.6 Å². The normalized spacial score (nSPS) is 26.5. The largest absolute Gasteiger partial charge is 0.481 e. The molecule has 0 aromatic carbocycles. The van der Waals surface area contributed by atoms with E-state index in [-0.39, 0.29) is 11.3 Å². The third-order valence-electron chi connectivity index (χ3n) is 6.05. The van der Waals surface area contributed by atoms with Gasteiger partial charge in [-0.3, -0.25) is 4.78 Å². The van der Waals surface area contributed by atoms with Crippen molar-refractivity contribution < 1.29 is 13.7 Å². The van der Waals surface area contributed by atoms with Crippen molar-refractivity contribution in [1.82, 2.24) is 19.9 Å². The fourth-order valence-corrected chi connectivity index (χ4v) is 6.35. The Bertz CT molecular complexity index is 1230. The molecule has 5 rings (SSSR count). The van der Waals surface area contributed by atoms with Crippen LogP contribution in [0.5, 0.6) is 5.88 Å². The molecule has 3 aromatic rings. The van der Waals surface area contributed by atoms with Gasteiger partial charge in [0.05, 0.1) is 47.0 Å². The number of anilines is 1. The van der Waals surface area contributed by atoms with Crippen LogP contribution in [0.1, 0.15) is 30.7 Å². The average Bonchev–Trinajstić information content (AvgIpc) is 3.38. The fraction of sp³-hybridized carbons (Fsp3) is 0.476. The van der Waals surface area contributed by atoms with Gasteiger partial charge in [-0.2, -0.15) is 4.98 Å². The summed E-state index contributed by atoms with van der Waals surface area (Å²) in [4.78, 5) is 19.5. The lowest BCUT2D eigenvalue weighted by Gasteiger charge is -2.34. The van der Waals surface area contributed by atoms with Crippen molar-refractivity contribution in [1.29, 1.82) is 4.78 Å². The second kappa shape index (κ2) is 7.76. The van der Waals surface area contributed by atoms with Gasteiger partial charge in [0, 0.05) is 41.6 Å². The fourth-order valence-electron chi connectivity index (χ4n) is 4.42. The van der Waals surface area contributed by atoms with Gasteiger partial charge in [-0.25, -0.2) is 14.2 Å². The monoisotopic (exact) mass is 442 g/mol. The number of fused-ring (bicyclic) bond motifs is 1. The van der Waals surface area contributed by atoms with Crippen LogP contribution >= 0.6 is 0 Å². The maximum Gasteiger partial charge on any atom is 0.215 e. The summed E-state index contributed by atoms with van der Waals surface area (Å²) >= 11 is 0. The van der Waals surface area contributed by atoms with E-state index in [1.54, 1.807) is 7.11 Å². The molecule has 31 heavy (non-hydrogen) atoms. The Morgan fingerprint density at radius 3 is 2.94 bits per heavy atom. The van der Waals surface area contributed by atoms with Crippen molar-refractivity contribution in [3.8, 4) is 17.3 Å². The second-order valence-electron chi connectivity index (χ2n) is 8.11. The standard InChI is InChI=1S/C21H26N6O3S/c1-13-12-30-8-7-27(13)18-11-16(17-4-3-9-31(17,22)28)24-21(25-18)15-10-19(29-2)26-20-14(15)5-6-23-20/h5-6,10-11,13,17,22H,3-4,7-9,12H2,1-2H3,(H,23,26)/t13-,17?,31?/m1/s1. The lowest BCUT2D eigenvalue weighted by Crippen LogP contribution is -2.44. The quantitative estimate of drug-likeness (QED) is 0.637. The van der Waals surface area contributed by atoms with Gasteiger partial charge in [0.25, 0.3) is 0 Å². The zero-order chi connectivity index (χ0) is 21.6. The van der Waals surface area contributed by atoms with Crippen molar-refractivity contribution in [3.05, 3.63) is 30.1 Å². The molecule has 9 nitrogen and oxygen atoms in total. The van der Waals surface area contributed by atoms with Crippen LogP contribution in [-0.4, -0.2) is 62.8 Å². The maximum atomic E-state index is 12.9. The molecule has 2 aliphatic heterocycles. The van der Waals surface area contributed by atoms with E-state index in [0.717, 1.165) is 29.7 Å². The number of ether oxygens (including phenoxy) is 2. The van der Waals surface area contributed by atoms with Gasteiger partial charge in [0.2, 0.25) is 5.88 Å². The summed E-state index contributed by atoms with van der Waals surface area (Å²) in [6.45, 7) is 4.07. The highest BCUT2D eigenvalue weighted by atomic mass is 32.2. The van der Waals surface area contributed by atoms with E-state index in [2.05, 4.69) is 21.8 Å². The first-order chi connectivity index (χ1) is 15.0. The highest BCUT2D eigenvalue weighted by Crippen LogP contribution is 2.37. The molecule has 164 valence electrons. The molecule has 10 heteroatoms. The number of hydrogen-bond donors (Lipinski definition) is 2. The van der Waals surface area contributed by atoms with E-state index in [0.29, 0.717) is 48.4 Å². The summed E-state index contributed by atoms with van der Waals surface area (Å²) < 4.78 is 32.3. The summed E-state index contributed by atoms with van der Waals surface area (Å²) in [7, 11) is -1.15. The number of morpholine rings is 1. The zero-order valence-corrected chi connectivity index (χ0v) is 18.4. The lowest BCUT2D eigenvalue weighted by atomic mass is 10.1. The van der Waals surface area contributed by atoms with E-state index >= 15 is 0 Å². The average molecular weight is 443 g/mol. The Kier molecular flexibility index (Phi) is 5.05. The highest BCUT2D eigenvalue weighted by Gasteiger charge is 2.32. The Morgan fingerprint density at radius 1 is 1.32 bits per heavy atom. The molecule has 0 aliphatic carbocycles. The molecular weight excluding hydrogens is 416 g/mol. The number of nitrogens with one attached hydrogen (secondary N) is 2. The molecule has 3 aromatic heterocycles. The Balaban J connectivity index is 1.71. The summed E-state index contributed by atoms with van der Waals surface area (Å²) in [5, 5.41) is 0.506. The van der Waals surface area contributed by atoms with Crippen molar-refractivity contribution in [3.63, 3.8) is 0 Å². The number of aromatic amines is 1. The number of H-pyrrole nitrogens is 1. The first-order valence-corrected chi connectivity index (χ1v) is 12.3. The number of methoxy groups -OCH3 is 1. The second-order valence-corrected chi connectivity index (χ2v) is 10.5. The number of pyridine rings is 1. The molecule has 0 spiro atoms. The van der Waals surface area contributed by atoms with Crippen molar-refractivity contribution in [2.24, 2.45) is 0 Å². The molecule has 2 fully saturated rings. The Morgan fingerprint density at radius 2 is 2.19 bits per heavy atom. The zero-order valence-electron chi connectivity index (χ0n) is 17.6. The van der Waals surface area contributed by atoms with Crippen LogP contribution in [-0.2, 0) is 14.5 Å². The van der Waals surface area contributed by atoms with E-state index in [1.807, 2.05) is 24.4 Å². The van der Waals surface area contributed by atoms with Crippen LogP contribution in [0.2, 0.25) is 0 Å². The molecule has 0 saturated carbocycles. The minimum absolute atomic E-state index is 0.160. The van der Waals surface area contributed by atoms with Crippen LogP contribution in [0.15, 0.2) is 24.4 Å². The SMILES string of the molecule is COc1cc(-c2nc(C3CCCS3(=N)=O)cc(N3CCOC[C@H]3C)n2)c2cc[nH]c2n1. The number of rotatable bonds is 4. The van der Waals surface area contributed by atoms with Gasteiger partial charge in [0.15, 0.2) is 5.82 Å². The highest BCUT2D eigenvalue weighted by molar-refractivity contribution is 7.92. The molecule has 2 saturated heterocycles. The van der Waals surface area contributed by atoms with Gasteiger partial charge in [-0.1, -0.05) is 0 Å². The minimum atomic E-state index is -2.72. The molecule has 2 unspecified atom stereocenters. The lowest BCUT2D eigenvalue weighted by molar-refractivity contribution is 0.0985. The maximum absolute atomic E-state index is 12.9. The number of aromatic nitrogens is 4. The first-order valence-electron chi connectivity index (χ1n) is 10.5. The molecule has 2 aliphatic rings. The predicted molar refractivity (Wildman–Crippen MR) is 119 cm³/mol. The predicted octanol–water partition coefficient (Wildman–Crippen LogP) is 3.14. The molecular formula is C21H26N6O3S. The van der Waals surface area contributed by atoms with E-state index in [4.69, 9.17) is 24.2 Å². The van der Waals surface area contributed by atoms with Gasteiger partial charge in [0.1, 0.15) is 11.5 Å². The molecule has 0 amide bonds. The Hall–Kier alpha value is -2.72. The van der Waals surface area contributed by atoms with Gasteiger partial charge in [-0.15, -0.1) is 0 Å². The summed E-state index contributed by atoms with van der Waals surface area (Å²) in [6, 6.07) is 5.84. The van der Waals surface area contributed by atoms with E-state index in [9.17, 15) is 4.21 Å². The van der Waals surface area contributed by atoms with Crippen LogP contribution in [0, 0.1) is 4.78 Å². The summed E-state index contributed by atoms with van der Waals surface area (Å²) in [5.74, 6) is 2.19. The van der Waals surface area contributed by atoms with Gasteiger partial charge < -0.3 is 19.4 Å². The minimum Gasteiger partial charge on any atom is -0.481 e. The van der Waals surface area contributed by atoms with E-state index in [1.165, 1.54) is 0 Å². The molecule has 3 atom stereocenters.